The Morgan fingerprint density at radius 2 is 1.81 bits per heavy atom. The van der Waals surface area contributed by atoms with Crippen molar-refractivity contribution >= 4 is 23.0 Å². The number of amides is 2. The molecule has 0 spiro atoms. The van der Waals surface area contributed by atoms with Crippen LogP contribution in [0.1, 0.15) is 43.7 Å². The number of nitrogens with one attached hydrogen (secondary N) is 1. The lowest BCUT2D eigenvalue weighted by Crippen LogP contribution is -2.49. The first-order valence-electron chi connectivity index (χ1n) is 11.4. The molecule has 2 aliphatic heterocycles. The molecule has 0 unspecified atom stereocenters. The molecule has 0 bridgehead atoms. The number of carbonyl (C=O) groups is 2. The van der Waals surface area contributed by atoms with Gasteiger partial charge in [0.05, 0.1) is 17.1 Å². The number of benzene rings is 2. The third-order valence-electron chi connectivity index (χ3n) is 6.67. The van der Waals surface area contributed by atoms with Gasteiger partial charge in [-0.1, -0.05) is 42.5 Å². The second-order valence-corrected chi connectivity index (χ2v) is 8.68. The number of nitrogens with zero attached hydrogens (tertiary/aromatic N) is 3. The van der Waals surface area contributed by atoms with Gasteiger partial charge < -0.3 is 14.6 Å². The molecule has 7 nitrogen and oxygen atoms in total. The molecule has 3 aromatic rings. The predicted molar refractivity (Wildman–Crippen MR) is 121 cm³/mol. The quantitative estimate of drug-likeness (QED) is 0.659. The molecule has 0 saturated carbocycles. The number of aromatic nitrogens is 2. The number of imidazole rings is 1. The number of H-pyrrole nitrogens is 1. The van der Waals surface area contributed by atoms with Crippen LogP contribution in [0.4, 0.5) is 4.79 Å². The van der Waals surface area contributed by atoms with Crippen molar-refractivity contribution in [2.45, 2.75) is 50.8 Å². The van der Waals surface area contributed by atoms with Crippen molar-refractivity contribution in [1.82, 2.24) is 19.8 Å². The molecule has 32 heavy (non-hydrogen) atoms. The highest BCUT2D eigenvalue weighted by Gasteiger charge is 2.44. The molecule has 166 valence electrons. The van der Waals surface area contributed by atoms with Crippen LogP contribution >= 0.6 is 0 Å². The molecule has 2 aliphatic rings. The summed E-state index contributed by atoms with van der Waals surface area (Å²) in [4.78, 5) is 37.0. The predicted octanol–water partition coefficient (Wildman–Crippen LogP) is 4.07. The summed E-state index contributed by atoms with van der Waals surface area (Å²) in [6, 6.07) is 17.9. The van der Waals surface area contributed by atoms with E-state index >= 15 is 0 Å². The Kier molecular flexibility index (Phi) is 5.55. The second-order valence-electron chi connectivity index (χ2n) is 8.68. The minimum atomic E-state index is -0.249. The number of cyclic esters (lactones) is 1. The van der Waals surface area contributed by atoms with Crippen LogP contribution in [0.2, 0.25) is 0 Å². The lowest BCUT2D eigenvalue weighted by Gasteiger charge is -2.37. The third-order valence-corrected chi connectivity index (χ3v) is 6.67. The number of ether oxygens (including phenoxy) is 1. The topological polar surface area (TPSA) is 78.5 Å². The number of likely N-dealkylation sites (tertiary alicyclic amines) is 1. The summed E-state index contributed by atoms with van der Waals surface area (Å²) in [6.45, 7) is 3.37. The van der Waals surface area contributed by atoms with Crippen molar-refractivity contribution in [2.24, 2.45) is 0 Å². The van der Waals surface area contributed by atoms with E-state index in [0.717, 1.165) is 35.3 Å². The van der Waals surface area contributed by atoms with Gasteiger partial charge in [0.2, 0.25) is 5.91 Å². The summed E-state index contributed by atoms with van der Waals surface area (Å²) in [5.74, 6) is 0.984. The van der Waals surface area contributed by atoms with E-state index in [-0.39, 0.29) is 30.2 Å². The molecule has 5 rings (SSSR count). The molecule has 2 amide bonds. The molecule has 0 radical (unpaired) electrons. The fraction of sp³-hybridized carbons (Fsp3) is 0.400. The monoisotopic (exact) mass is 432 g/mol. The highest BCUT2D eigenvalue weighted by atomic mass is 16.6. The molecule has 3 heterocycles. The summed E-state index contributed by atoms with van der Waals surface area (Å²) in [5.41, 5.74) is 2.95. The Bertz CT molecular complexity index is 1070. The van der Waals surface area contributed by atoms with Crippen LogP contribution in [0.25, 0.3) is 11.0 Å². The van der Waals surface area contributed by atoms with E-state index in [4.69, 9.17) is 4.74 Å². The fourth-order valence-electron chi connectivity index (χ4n) is 4.95. The Morgan fingerprint density at radius 3 is 2.56 bits per heavy atom. The lowest BCUT2D eigenvalue weighted by molar-refractivity contribution is -0.132. The maximum atomic E-state index is 12.8. The fourth-order valence-corrected chi connectivity index (χ4v) is 4.95. The van der Waals surface area contributed by atoms with Crippen molar-refractivity contribution in [1.29, 1.82) is 0 Å². The SMILES string of the molecule is C[C@H]1[C@@H](c2ccccc2)OC(=O)N1C1CCN(C(=O)CCc2nc3ccccc3[nH]2)CC1. The lowest BCUT2D eigenvalue weighted by atomic mass is 9.98. The van der Waals surface area contributed by atoms with Crippen molar-refractivity contribution in [2.75, 3.05) is 13.1 Å². The summed E-state index contributed by atoms with van der Waals surface area (Å²) >= 11 is 0. The minimum Gasteiger partial charge on any atom is -0.439 e. The third kappa shape index (κ3) is 3.95. The van der Waals surface area contributed by atoms with Crippen LogP contribution in [0.15, 0.2) is 54.6 Å². The average molecular weight is 433 g/mol. The maximum Gasteiger partial charge on any atom is 0.411 e. The number of para-hydroxylation sites is 2. The molecule has 2 aromatic carbocycles. The number of carbonyl (C=O) groups excluding carboxylic acids is 2. The molecule has 2 saturated heterocycles. The molecule has 2 atom stereocenters. The number of rotatable bonds is 5. The van der Waals surface area contributed by atoms with Crippen molar-refractivity contribution in [3.63, 3.8) is 0 Å². The first-order chi connectivity index (χ1) is 15.6. The molecule has 1 N–H and O–H groups in total. The maximum absolute atomic E-state index is 12.8. The van der Waals surface area contributed by atoms with Gasteiger partial charge in [-0.15, -0.1) is 0 Å². The van der Waals surface area contributed by atoms with Crippen molar-refractivity contribution in [3.8, 4) is 0 Å². The summed E-state index contributed by atoms with van der Waals surface area (Å²) in [6.07, 6.45) is 2.09. The molecular formula is C25H28N4O3. The first kappa shape index (κ1) is 20.5. The Labute approximate surface area is 187 Å². The van der Waals surface area contributed by atoms with E-state index in [2.05, 4.69) is 9.97 Å². The highest BCUT2D eigenvalue weighted by molar-refractivity contribution is 5.77. The number of fused-ring (bicyclic) bond motifs is 1. The van der Waals surface area contributed by atoms with E-state index < -0.39 is 0 Å². The number of hydrogen-bond donors (Lipinski definition) is 1. The van der Waals surface area contributed by atoms with Gasteiger partial charge in [0.25, 0.3) is 0 Å². The van der Waals surface area contributed by atoms with E-state index in [1.165, 1.54) is 0 Å². The van der Waals surface area contributed by atoms with Crippen LogP contribution in [0, 0.1) is 0 Å². The highest BCUT2D eigenvalue weighted by Crippen LogP contribution is 2.35. The van der Waals surface area contributed by atoms with Gasteiger partial charge in [0, 0.05) is 32.0 Å². The average Bonchev–Trinajstić information content (AvgIpc) is 3.38. The summed E-state index contributed by atoms with van der Waals surface area (Å²) in [7, 11) is 0. The smallest absolute Gasteiger partial charge is 0.411 e. The van der Waals surface area contributed by atoms with E-state index in [9.17, 15) is 9.59 Å². The van der Waals surface area contributed by atoms with Gasteiger partial charge in [0.15, 0.2) is 0 Å². The van der Waals surface area contributed by atoms with Crippen LogP contribution in [-0.4, -0.2) is 56.9 Å². The minimum absolute atomic E-state index is 0.0229. The number of aryl methyl sites for hydroxylation is 1. The van der Waals surface area contributed by atoms with Crippen LogP contribution < -0.4 is 0 Å². The Morgan fingerprint density at radius 1 is 1.09 bits per heavy atom. The van der Waals surface area contributed by atoms with Crippen LogP contribution in [0.5, 0.6) is 0 Å². The normalized spacial score (nSPS) is 21.8. The summed E-state index contributed by atoms with van der Waals surface area (Å²) < 4.78 is 5.71. The van der Waals surface area contributed by atoms with Gasteiger partial charge >= 0.3 is 6.09 Å². The zero-order valence-electron chi connectivity index (χ0n) is 18.2. The summed E-state index contributed by atoms with van der Waals surface area (Å²) in [5, 5.41) is 0. The largest absolute Gasteiger partial charge is 0.439 e. The van der Waals surface area contributed by atoms with Crippen LogP contribution in [-0.2, 0) is 16.0 Å². The van der Waals surface area contributed by atoms with E-state index in [0.29, 0.717) is 25.9 Å². The Balaban J connectivity index is 1.15. The number of piperidine rings is 1. The molecular weight excluding hydrogens is 404 g/mol. The zero-order chi connectivity index (χ0) is 22.1. The molecule has 1 aromatic heterocycles. The van der Waals surface area contributed by atoms with E-state index in [1.807, 2.05) is 71.3 Å². The standard InChI is InChI=1S/C25H28N4O3/c1-17-24(18-7-3-2-4-8-18)32-25(31)29(17)19-13-15-28(16-14-19)23(30)12-11-22-26-20-9-5-6-10-21(20)27-22/h2-10,17,19,24H,11-16H2,1H3,(H,26,27)/t17-,24-/m0/s1. The van der Waals surface area contributed by atoms with Crippen molar-refractivity contribution < 1.29 is 14.3 Å². The van der Waals surface area contributed by atoms with Crippen molar-refractivity contribution in [3.05, 3.63) is 66.0 Å². The van der Waals surface area contributed by atoms with Gasteiger partial charge in [-0.25, -0.2) is 9.78 Å². The number of aromatic amines is 1. The zero-order valence-corrected chi connectivity index (χ0v) is 18.2. The van der Waals surface area contributed by atoms with E-state index in [1.54, 1.807) is 0 Å². The van der Waals surface area contributed by atoms with Gasteiger partial charge in [0.1, 0.15) is 11.9 Å². The van der Waals surface area contributed by atoms with Gasteiger partial charge in [-0.3, -0.25) is 9.69 Å². The number of hydrogen-bond acceptors (Lipinski definition) is 4. The molecule has 0 aliphatic carbocycles. The van der Waals surface area contributed by atoms with Gasteiger partial charge in [-0.05, 0) is 37.5 Å². The second kappa shape index (κ2) is 8.65. The van der Waals surface area contributed by atoms with Crippen LogP contribution in [0.3, 0.4) is 0 Å². The molecule has 7 heteroatoms. The molecule has 2 fully saturated rings. The first-order valence-corrected chi connectivity index (χ1v) is 11.4. The van der Waals surface area contributed by atoms with Gasteiger partial charge in [-0.2, -0.15) is 0 Å². The Hall–Kier alpha value is -3.35.